The van der Waals surface area contributed by atoms with E-state index in [-0.39, 0.29) is 11.8 Å². The summed E-state index contributed by atoms with van der Waals surface area (Å²) in [5, 5.41) is 13.0. The summed E-state index contributed by atoms with van der Waals surface area (Å²) in [7, 11) is 3.79. The van der Waals surface area contributed by atoms with Crippen LogP contribution in [-0.4, -0.2) is 50.4 Å². The van der Waals surface area contributed by atoms with Gasteiger partial charge in [-0.2, -0.15) is 0 Å². The highest BCUT2D eigenvalue weighted by atomic mass is 16.3. The highest BCUT2D eigenvalue weighted by molar-refractivity contribution is 6.14. The summed E-state index contributed by atoms with van der Waals surface area (Å²) in [5.74, 6) is 1.04. The highest BCUT2D eigenvalue weighted by Gasteiger charge is 2.23. The molecule has 2 heterocycles. The van der Waals surface area contributed by atoms with Crippen LogP contribution in [0.25, 0.3) is 11.1 Å². The van der Waals surface area contributed by atoms with Crippen LogP contribution in [0.4, 0.5) is 0 Å². The Kier molecular flexibility index (Phi) is 9.69. The van der Waals surface area contributed by atoms with E-state index in [1.165, 1.54) is 0 Å². The number of carbonyl (C=O) groups is 1. The molecule has 0 atom stereocenters. The summed E-state index contributed by atoms with van der Waals surface area (Å²) in [5.41, 5.74) is 3.45. The van der Waals surface area contributed by atoms with E-state index >= 15 is 0 Å². The fraction of sp³-hybridized carbons (Fsp3) is 0.278. The molecule has 0 bridgehead atoms. The molecule has 3 aliphatic rings. The number of benzene rings is 1. The van der Waals surface area contributed by atoms with Crippen LogP contribution in [0.3, 0.4) is 0 Å². The molecule has 1 aliphatic heterocycles. The van der Waals surface area contributed by atoms with Crippen LogP contribution in [-0.2, 0) is 13.6 Å². The molecule has 5 rings (SSSR count). The van der Waals surface area contributed by atoms with Crippen molar-refractivity contribution in [2.24, 2.45) is 17.0 Å². The lowest BCUT2D eigenvalue weighted by molar-refractivity contribution is -0.673. The number of carbonyl (C=O) groups excluding carboxylic acids is 1. The molecule has 1 aromatic carbocycles. The smallest absolute Gasteiger partial charge is 0.360 e. The predicted molar refractivity (Wildman–Crippen MR) is 177 cm³/mol. The Labute approximate surface area is 259 Å². The van der Waals surface area contributed by atoms with Gasteiger partial charge in [0.2, 0.25) is 0 Å². The van der Waals surface area contributed by atoms with Crippen LogP contribution in [0, 0.1) is 0 Å². The van der Waals surface area contributed by atoms with E-state index in [9.17, 15) is 9.90 Å². The summed E-state index contributed by atoms with van der Waals surface area (Å²) in [6.45, 7) is 5.94. The molecule has 0 radical (unpaired) electrons. The predicted octanol–water partition coefficient (Wildman–Crippen LogP) is 4.59. The van der Waals surface area contributed by atoms with Crippen molar-refractivity contribution in [1.29, 1.82) is 0 Å². The molecule has 0 spiro atoms. The quantitative estimate of drug-likeness (QED) is 0.361. The van der Waals surface area contributed by atoms with Crippen molar-refractivity contribution in [2.75, 3.05) is 13.6 Å². The van der Waals surface area contributed by atoms with Crippen molar-refractivity contribution in [2.45, 2.75) is 46.1 Å². The lowest BCUT2D eigenvalue weighted by Crippen LogP contribution is -2.35. The fourth-order valence-electron chi connectivity index (χ4n) is 5.28. The van der Waals surface area contributed by atoms with E-state index in [1.807, 2.05) is 106 Å². The van der Waals surface area contributed by atoms with Crippen molar-refractivity contribution < 1.29 is 14.5 Å². The van der Waals surface area contributed by atoms with E-state index in [4.69, 9.17) is 0 Å². The molecule has 1 N–H and O–H groups in total. The Morgan fingerprint density at radius 3 is 1.91 bits per heavy atom. The van der Waals surface area contributed by atoms with Crippen molar-refractivity contribution in [3.05, 3.63) is 126 Å². The third-order valence-electron chi connectivity index (χ3n) is 7.80. The van der Waals surface area contributed by atoms with Crippen molar-refractivity contribution in [3.8, 4) is 0 Å². The first-order valence-corrected chi connectivity index (χ1v) is 15.3. The van der Waals surface area contributed by atoms with Crippen LogP contribution in [0.1, 0.15) is 50.1 Å². The zero-order valence-corrected chi connectivity index (χ0v) is 26.0. The lowest BCUT2D eigenvalue weighted by atomic mass is 10.0. The number of aliphatic hydroxyl groups is 1. The molecule has 0 fully saturated rings. The molecular weight excluding hydrogens is 548 g/mol. The second kappa shape index (κ2) is 14.0. The minimum atomic E-state index is -0.242. The second-order valence-corrected chi connectivity index (χ2v) is 11.1. The zero-order chi connectivity index (χ0) is 31.1. The number of aromatic nitrogens is 2. The summed E-state index contributed by atoms with van der Waals surface area (Å²) in [4.78, 5) is 25.7. The zero-order valence-electron chi connectivity index (χ0n) is 26.0. The summed E-state index contributed by atoms with van der Waals surface area (Å²) >= 11 is 0. The average Bonchev–Trinajstić information content (AvgIpc) is 3.61. The fourth-order valence-corrected chi connectivity index (χ4v) is 5.28. The van der Waals surface area contributed by atoms with Gasteiger partial charge in [-0.25, -0.2) is 19.1 Å². The van der Waals surface area contributed by atoms with Crippen molar-refractivity contribution >= 4 is 28.5 Å². The Hall–Kier alpha value is -4.98. The minimum Gasteiger partial charge on any atom is -0.491 e. The number of aryl methyl sites for hydroxylation is 2. The number of imidazole rings is 1. The van der Waals surface area contributed by atoms with Gasteiger partial charge in [-0.3, -0.25) is 4.79 Å². The number of allylic oxidation sites excluding steroid dienone is 8. The van der Waals surface area contributed by atoms with Gasteiger partial charge in [-0.1, -0.05) is 75.3 Å². The Balaban J connectivity index is 1.29. The number of hydrogen-bond donors (Lipinski definition) is 1. The number of unbranched alkanes of at least 4 members (excludes halogenated alkanes) is 2. The number of aliphatic imine (C=N–C) groups is 2. The number of hydrogen-bond acceptors (Lipinski definition) is 5. The van der Waals surface area contributed by atoms with Crippen molar-refractivity contribution in [3.63, 3.8) is 0 Å². The molecule has 226 valence electrons. The second-order valence-electron chi connectivity index (χ2n) is 11.1. The summed E-state index contributed by atoms with van der Waals surface area (Å²) in [6, 6.07) is 8.38. The van der Waals surface area contributed by atoms with Gasteiger partial charge in [0.1, 0.15) is 12.4 Å². The SMILES string of the molecule is CCCCN1C=CN(C)C1=C(O)N=C1C=CC(=c2ccc(=C3C=CC(=NC(=O)c4n(CCCC)cc[n+]4C)C=C3)cc2)C=C1. The number of amides is 1. The standard InChI is InChI=1S/C36H40N6O2/c1-5-7-21-41-25-23-39(3)35(41)33(43)37-31-17-13-29(14-18-31)27-9-11-28(12-10-27)30-15-19-32(20-16-30)38-34(44)36-40(4)24-26-42(36)22-8-6-2/h9-20,23-26H,5-8,21-22H2,1-4H3/p+1. The van der Waals surface area contributed by atoms with Crippen LogP contribution in [0.5, 0.6) is 0 Å². The number of rotatable bonds is 8. The first kappa shape index (κ1) is 30.5. The summed E-state index contributed by atoms with van der Waals surface area (Å²) in [6.07, 6.45) is 27.6. The van der Waals surface area contributed by atoms with E-state index in [1.54, 1.807) is 0 Å². The Morgan fingerprint density at radius 1 is 0.795 bits per heavy atom. The van der Waals surface area contributed by atoms with Gasteiger partial charge in [0.05, 0.1) is 25.0 Å². The van der Waals surface area contributed by atoms with E-state index < -0.39 is 0 Å². The molecule has 1 amide bonds. The van der Waals surface area contributed by atoms with Crippen LogP contribution < -0.4 is 15.0 Å². The lowest BCUT2D eigenvalue weighted by Gasteiger charge is -2.22. The molecule has 1 aromatic heterocycles. The van der Waals surface area contributed by atoms with Crippen molar-refractivity contribution in [1.82, 2.24) is 14.4 Å². The van der Waals surface area contributed by atoms with Gasteiger partial charge in [-0.05, 0) is 58.7 Å². The minimum absolute atomic E-state index is 0.00414. The average molecular weight is 590 g/mol. The van der Waals surface area contributed by atoms with Crippen LogP contribution in [0.15, 0.2) is 119 Å². The summed E-state index contributed by atoms with van der Waals surface area (Å²) < 4.78 is 3.81. The van der Waals surface area contributed by atoms with Crippen LogP contribution in [0.2, 0.25) is 0 Å². The van der Waals surface area contributed by atoms with Gasteiger partial charge in [0, 0.05) is 26.0 Å². The molecule has 44 heavy (non-hydrogen) atoms. The topological polar surface area (TPSA) is 77.3 Å². The van der Waals surface area contributed by atoms with Crippen LogP contribution >= 0.6 is 0 Å². The molecule has 0 saturated heterocycles. The first-order valence-electron chi connectivity index (χ1n) is 15.3. The normalized spacial score (nSPS) is 16.9. The van der Waals surface area contributed by atoms with Gasteiger partial charge in [-0.15, -0.1) is 0 Å². The first-order chi connectivity index (χ1) is 21.4. The Morgan fingerprint density at radius 2 is 1.34 bits per heavy atom. The molecule has 2 aromatic rings. The van der Waals surface area contributed by atoms with E-state index in [0.717, 1.165) is 60.4 Å². The molecular formula is C36H41N6O2+. The van der Waals surface area contributed by atoms with Gasteiger partial charge in [0.15, 0.2) is 5.82 Å². The Bertz CT molecular complexity index is 1740. The largest absolute Gasteiger partial charge is 0.491 e. The third-order valence-corrected chi connectivity index (χ3v) is 7.80. The van der Waals surface area contributed by atoms with Gasteiger partial charge in [0.25, 0.3) is 5.88 Å². The third kappa shape index (κ3) is 6.97. The number of nitrogens with zero attached hydrogens (tertiary/aromatic N) is 6. The monoisotopic (exact) mass is 589 g/mol. The maximum absolute atomic E-state index is 13.0. The maximum Gasteiger partial charge on any atom is 0.360 e. The van der Waals surface area contributed by atoms with E-state index in [0.29, 0.717) is 23.1 Å². The van der Waals surface area contributed by atoms with Gasteiger partial charge < -0.3 is 14.9 Å². The molecule has 0 saturated carbocycles. The van der Waals surface area contributed by atoms with E-state index in [2.05, 4.69) is 48.1 Å². The van der Waals surface area contributed by atoms with Gasteiger partial charge >= 0.3 is 11.7 Å². The molecule has 0 unspecified atom stereocenters. The molecule has 2 aliphatic carbocycles. The number of aliphatic hydroxyl groups excluding tert-OH is 1. The highest BCUT2D eigenvalue weighted by Crippen LogP contribution is 2.22. The molecule has 8 heteroatoms. The maximum atomic E-state index is 13.0. The molecule has 8 nitrogen and oxygen atoms in total.